The van der Waals surface area contributed by atoms with Crippen LogP contribution in [0.15, 0.2) is 0 Å². The molecule has 1 atom stereocenters. The van der Waals surface area contributed by atoms with Crippen molar-refractivity contribution >= 4 is 5.91 Å². The third-order valence-corrected chi connectivity index (χ3v) is 3.11. The summed E-state index contributed by atoms with van der Waals surface area (Å²) in [6, 6.07) is -0.639. The normalized spacial score (nSPS) is 20.8. The number of nitrogens with zero attached hydrogens (tertiary/aromatic N) is 1. The Morgan fingerprint density at radius 1 is 1.56 bits per heavy atom. The quantitative estimate of drug-likeness (QED) is 0.681. The van der Waals surface area contributed by atoms with Gasteiger partial charge in [0.25, 0.3) is 0 Å². The number of ether oxygens (including phenoxy) is 1. The van der Waals surface area contributed by atoms with Crippen molar-refractivity contribution in [3.05, 3.63) is 0 Å². The van der Waals surface area contributed by atoms with Crippen molar-refractivity contribution in [2.75, 3.05) is 27.3 Å². The first-order valence-corrected chi connectivity index (χ1v) is 5.70. The number of hydrogen-bond donors (Lipinski definition) is 2. The van der Waals surface area contributed by atoms with E-state index < -0.39 is 11.6 Å². The fourth-order valence-corrected chi connectivity index (χ4v) is 2.24. The van der Waals surface area contributed by atoms with Crippen LogP contribution in [0, 0.1) is 0 Å². The molecule has 16 heavy (non-hydrogen) atoms. The summed E-state index contributed by atoms with van der Waals surface area (Å²) in [5.41, 5.74) is 4.94. The number of likely N-dealkylation sites (N-methyl/N-ethyl adjacent to an activating group) is 1. The standard InChI is InChI=1S/C11H22N2O3/c1-13(10(14)9(12)7-16-2)8-11(15)5-3-4-6-11/h9,15H,3-8,12H2,1-2H3. The van der Waals surface area contributed by atoms with Gasteiger partial charge in [0.2, 0.25) is 5.91 Å². The first kappa shape index (κ1) is 13.4. The number of amides is 1. The summed E-state index contributed by atoms with van der Waals surface area (Å²) in [5.74, 6) is -0.179. The SMILES string of the molecule is COCC(N)C(=O)N(C)CC1(O)CCCC1. The van der Waals surface area contributed by atoms with E-state index in [1.807, 2.05) is 0 Å². The van der Waals surface area contributed by atoms with Crippen LogP contribution in [0.4, 0.5) is 0 Å². The third kappa shape index (κ3) is 3.43. The van der Waals surface area contributed by atoms with Crippen LogP contribution in [-0.2, 0) is 9.53 Å². The maximum atomic E-state index is 11.8. The van der Waals surface area contributed by atoms with Gasteiger partial charge in [-0.3, -0.25) is 4.79 Å². The van der Waals surface area contributed by atoms with Crippen molar-refractivity contribution in [1.82, 2.24) is 4.90 Å². The Balaban J connectivity index is 2.44. The third-order valence-electron chi connectivity index (χ3n) is 3.11. The predicted octanol–water partition coefficient (Wildman–Crippen LogP) is -0.276. The second-order valence-corrected chi connectivity index (χ2v) is 4.69. The summed E-state index contributed by atoms with van der Waals surface area (Å²) in [6.45, 7) is 0.574. The van der Waals surface area contributed by atoms with Crippen LogP contribution < -0.4 is 5.73 Å². The van der Waals surface area contributed by atoms with Crippen LogP contribution in [-0.4, -0.2) is 54.9 Å². The maximum Gasteiger partial charge on any atom is 0.241 e. The van der Waals surface area contributed by atoms with Crippen LogP contribution >= 0.6 is 0 Å². The highest BCUT2D eigenvalue weighted by Gasteiger charge is 2.34. The van der Waals surface area contributed by atoms with E-state index in [1.165, 1.54) is 12.0 Å². The molecular formula is C11H22N2O3. The summed E-state index contributed by atoms with van der Waals surface area (Å²) in [6.07, 6.45) is 3.60. The molecule has 0 aliphatic heterocycles. The molecule has 0 bridgehead atoms. The average molecular weight is 230 g/mol. The zero-order valence-electron chi connectivity index (χ0n) is 10.1. The van der Waals surface area contributed by atoms with Gasteiger partial charge in [0.1, 0.15) is 6.04 Å². The molecule has 5 heteroatoms. The van der Waals surface area contributed by atoms with Crippen molar-refractivity contribution in [2.24, 2.45) is 5.73 Å². The van der Waals surface area contributed by atoms with Gasteiger partial charge in [-0.1, -0.05) is 12.8 Å². The summed E-state index contributed by atoms with van der Waals surface area (Å²) < 4.78 is 4.84. The topological polar surface area (TPSA) is 75.8 Å². The van der Waals surface area contributed by atoms with E-state index in [4.69, 9.17) is 10.5 Å². The van der Waals surface area contributed by atoms with E-state index in [9.17, 15) is 9.90 Å². The fraction of sp³-hybridized carbons (Fsp3) is 0.909. The van der Waals surface area contributed by atoms with Gasteiger partial charge in [0.05, 0.1) is 12.2 Å². The van der Waals surface area contributed by atoms with E-state index in [0.29, 0.717) is 6.54 Å². The van der Waals surface area contributed by atoms with Gasteiger partial charge in [-0.25, -0.2) is 0 Å². The molecule has 0 aromatic rings. The maximum absolute atomic E-state index is 11.8. The summed E-state index contributed by atoms with van der Waals surface area (Å²) in [7, 11) is 3.19. The van der Waals surface area contributed by atoms with Crippen molar-refractivity contribution in [3.63, 3.8) is 0 Å². The van der Waals surface area contributed by atoms with E-state index in [1.54, 1.807) is 7.05 Å². The Hall–Kier alpha value is -0.650. The molecule has 1 amide bonds. The zero-order chi connectivity index (χ0) is 12.2. The average Bonchev–Trinajstić information content (AvgIpc) is 2.64. The molecule has 1 aliphatic rings. The van der Waals surface area contributed by atoms with Crippen LogP contribution in [0.5, 0.6) is 0 Å². The number of rotatable bonds is 5. The van der Waals surface area contributed by atoms with Crippen molar-refractivity contribution in [3.8, 4) is 0 Å². The van der Waals surface area contributed by atoms with Gasteiger partial charge in [-0.05, 0) is 12.8 Å². The lowest BCUT2D eigenvalue weighted by Gasteiger charge is -2.30. The van der Waals surface area contributed by atoms with Crippen molar-refractivity contribution < 1.29 is 14.6 Å². The van der Waals surface area contributed by atoms with Crippen LogP contribution in [0.25, 0.3) is 0 Å². The molecule has 0 saturated heterocycles. The number of carbonyl (C=O) groups is 1. The largest absolute Gasteiger partial charge is 0.388 e. The van der Waals surface area contributed by atoms with Crippen molar-refractivity contribution in [1.29, 1.82) is 0 Å². The molecule has 94 valence electrons. The molecule has 1 rings (SSSR count). The first-order chi connectivity index (χ1) is 7.48. The minimum Gasteiger partial charge on any atom is -0.388 e. The van der Waals surface area contributed by atoms with E-state index in [-0.39, 0.29) is 12.5 Å². The lowest BCUT2D eigenvalue weighted by Crippen LogP contribution is -2.49. The van der Waals surface area contributed by atoms with Gasteiger partial charge in [-0.2, -0.15) is 0 Å². The Morgan fingerprint density at radius 2 is 2.12 bits per heavy atom. The minimum absolute atomic E-state index is 0.179. The number of methoxy groups -OCH3 is 1. The predicted molar refractivity (Wildman–Crippen MR) is 60.9 cm³/mol. The van der Waals surface area contributed by atoms with Crippen LogP contribution in [0.2, 0.25) is 0 Å². The number of nitrogens with two attached hydrogens (primary N) is 1. The monoisotopic (exact) mass is 230 g/mol. The fourth-order valence-electron chi connectivity index (χ4n) is 2.24. The van der Waals surface area contributed by atoms with Gasteiger partial charge in [-0.15, -0.1) is 0 Å². The van der Waals surface area contributed by atoms with Crippen LogP contribution in [0.3, 0.4) is 0 Å². The Labute approximate surface area is 96.6 Å². The van der Waals surface area contributed by atoms with Crippen LogP contribution in [0.1, 0.15) is 25.7 Å². The molecule has 0 radical (unpaired) electrons. The molecule has 1 aliphatic carbocycles. The molecule has 0 spiro atoms. The van der Waals surface area contributed by atoms with Gasteiger partial charge in [0.15, 0.2) is 0 Å². The van der Waals surface area contributed by atoms with Gasteiger partial charge >= 0.3 is 0 Å². The molecule has 1 saturated carbocycles. The van der Waals surface area contributed by atoms with Gasteiger partial charge < -0.3 is 20.5 Å². The van der Waals surface area contributed by atoms with E-state index in [2.05, 4.69) is 0 Å². The lowest BCUT2D eigenvalue weighted by atomic mass is 10.0. The molecule has 5 nitrogen and oxygen atoms in total. The molecule has 1 unspecified atom stereocenters. The summed E-state index contributed by atoms with van der Waals surface area (Å²) >= 11 is 0. The highest BCUT2D eigenvalue weighted by molar-refractivity contribution is 5.81. The second kappa shape index (κ2) is 5.61. The Bertz CT molecular complexity index is 239. The molecule has 0 aromatic heterocycles. The Morgan fingerprint density at radius 3 is 2.62 bits per heavy atom. The first-order valence-electron chi connectivity index (χ1n) is 5.70. The van der Waals surface area contributed by atoms with E-state index >= 15 is 0 Å². The smallest absolute Gasteiger partial charge is 0.241 e. The van der Waals surface area contributed by atoms with E-state index in [0.717, 1.165) is 25.7 Å². The highest BCUT2D eigenvalue weighted by Crippen LogP contribution is 2.29. The number of hydrogen-bond acceptors (Lipinski definition) is 4. The van der Waals surface area contributed by atoms with Gasteiger partial charge in [0, 0.05) is 20.7 Å². The zero-order valence-corrected chi connectivity index (χ0v) is 10.1. The number of aliphatic hydroxyl groups is 1. The lowest BCUT2D eigenvalue weighted by molar-refractivity contribution is -0.135. The molecule has 0 aromatic carbocycles. The summed E-state index contributed by atoms with van der Waals surface area (Å²) in [5, 5.41) is 10.2. The summed E-state index contributed by atoms with van der Waals surface area (Å²) in [4.78, 5) is 13.3. The number of carbonyl (C=O) groups excluding carboxylic acids is 1. The molecule has 3 N–H and O–H groups in total. The highest BCUT2D eigenvalue weighted by atomic mass is 16.5. The minimum atomic E-state index is -0.711. The Kier molecular flexibility index (Phi) is 4.70. The molecule has 0 heterocycles. The molecule has 1 fully saturated rings. The molecular weight excluding hydrogens is 208 g/mol. The second-order valence-electron chi connectivity index (χ2n) is 4.69. The van der Waals surface area contributed by atoms with Crippen molar-refractivity contribution in [2.45, 2.75) is 37.3 Å².